The molecule has 1 aromatic heterocycles. The number of benzene rings is 1. The number of pyridine rings is 1. The maximum absolute atomic E-state index is 13.3. The van der Waals surface area contributed by atoms with Gasteiger partial charge in [-0.05, 0) is 56.6 Å². The van der Waals surface area contributed by atoms with E-state index in [9.17, 15) is 4.79 Å². The summed E-state index contributed by atoms with van der Waals surface area (Å²) in [5.74, 6) is 2.68. The van der Waals surface area contributed by atoms with Crippen molar-refractivity contribution in [3.63, 3.8) is 0 Å². The van der Waals surface area contributed by atoms with Gasteiger partial charge in [0.1, 0.15) is 19.0 Å². The second-order valence-electron chi connectivity index (χ2n) is 9.49. The molecule has 0 bridgehead atoms. The van der Waals surface area contributed by atoms with Crippen molar-refractivity contribution in [2.45, 2.75) is 45.8 Å². The Balaban J connectivity index is 1.40. The third kappa shape index (κ3) is 6.53. The van der Waals surface area contributed by atoms with E-state index in [1.165, 1.54) is 0 Å². The SMILES string of the molecule is CC(C)COc1ccc(CNC(=O)N(Cc2cc3c(cn2)OCCO3)C2CCN(C)CC2)cc1. The molecule has 8 nitrogen and oxygen atoms in total. The van der Waals surface area contributed by atoms with Crippen LogP contribution in [-0.4, -0.2) is 66.8 Å². The molecule has 0 radical (unpaired) electrons. The molecule has 1 saturated heterocycles. The summed E-state index contributed by atoms with van der Waals surface area (Å²) in [6.07, 6.45) is 3.57. The zero-order chi connectivity index (χ0) is 23.9. The van der Waals surface area contributed by atoms with E-state index >= 15 is 0 Å². The van der Waals surface area contributed by atoms with E-state index in [4.69, 9.17) is 14.2 Å². The fourth-order valence-electron chi connectivity index (χ4n) is 4.17. The number of hydrogen-bond acceptors (Lipinski definition) is 6. The standard InChI is InChI=1S/C26H36N4O4/c1-19(2)18-34-23-6-4-20(5-7-23)15-28-26(31)30(22-8-10-29(3)11-9-22)17-21-14-24-25(16-27-21)33-13-12-32-24/h4-7,14,16,19,22H,8-13,15,17-18H2,1-3H3,(H,28,31). The Bertz CT molecular complexity index is 942. The van der Waals surface area contributed by atoms with Crippen molar-refractivity contribution < 1.29 is 19.0 Å². The summed E-state index contributed by atoms with van der Waals surface area (Å²) in [5, 5.41) is 3.11. The fraction of sp³-hybridized carbons (Fsp3) is 0.538. The zero-order valence-electron chi connectivity index (χ0n) is 20.5. The molecule has 2 aliphatic rings. The van der Waals surface area contributed by atoms with Crippen LogP contribution in [0.2, 0.25) is 0 Å². The zero-order valence-corrected chi connectivity index (χ0v) is 20.5. The average Bonchev–Trinajstić information content (AvgIpc) is 2.85. The van der Waals surface area contributed by atoms with E-state index in [2.05, 4.69) is 36.1 Å². The van der Waals surface area contributed by atoms with Crippen LogP contribution in [0, 0.1) is 5.92 Å². The summed E-state index contributed by atoms with van der Waals surface area (Å²) in [6.45, 7) is 8.83. The van der Waals surface area contributed by atoms with Crippen LogP contribution in [-0.2, 0) is 13.1 Å². The highest BCUT2D eigenvalue weighted by molar-refractivity contribution is 5.74. The van der Waals surface area contributed by atoms with Gasteiger partial charge in [-0.15, -0.1) is 0 Å². The number of carbonyl (C=O) groups is 1. The number of fused-ring (bicyclic) bond motifs is 1. The summed E-state index contributed by atoms with van der Waals surface area (Å²) in [4.78, 5) is 22.1. The van der Waals surface area contributed by atoms with Gasteiger partial charge in [0.2, 0.25) is 0 Å². The van der Waals surface area contributed by atoms with Crippen molar-refractivity contribution in [2.24, 2.45) is 5.92 Å². The summed E-state index contributed by atoms with van der Waals surface area (Å²) >= 11 is 0. The molecule has 184 valence electrons. The average molecular weight is 469 g/mol. The predicted octanol–water partition coefficient (Wildman–Crippen LogP) is 3.69. The maximum Gasteiger partial charge on any atom is 0.318 e. The number of amides is 2. The van der Waals surface area contributed by atoms with E-state index in [0.717, 1.165) is 42.9 Å². The minimum atomic E-state index is -0.0774. The molecule has 1 N–H and O–H groups in total. The number of ether oxygens (including phenoxy) is 3. The Kier molecular flexibility index (Phi) is 8.11. The summed E-state index contributed by atoms with van der Waals surface area (Å²) in [6, 6.07) is 9.88. The second kappa shape index (κ2) is 11.4. The van der Waals surface area contributed by atoms with Crippen LogP contribution in [0.4, 0.5) is 4.79 Å². The third-order valence-electron chi connectivity index (χ3n) is 6.16. The topological polar surface area (TPSA) is 76.2 Å². The van der Waals surface area contributed by atoms with Gasteiger partial charge in [0.15, 0.2) is 11.5 Å². The Morgan fingerprint density at radius 1 is 1.18 bits per heavy atom. The summed E-state index contributed by atoms with van der Waals surface area (Å²) in [7, 11) is 2.12. The number of piperidine rings is 1. The molecule has 8 heteroatoms. The first-order valence-electron chi connectivity index (χ1n) is 12.2. The van der Waals surface area contributed by atoms with Crippen molar-refractivity contribution in [2.75, 3.05) is 40.0 Å². The van der Waals surface area contributed by atoms with Crippen LogP contribution in [0.15, 0.2) is 36.5 Å². The second-order valence-corrected chi connectivity index (χ2v) is 9.49. The predicted molar refractivity (Wildman–Crippen MR) is 130 cm³/mol. The van der Waals surface area contributed by atoms with E-state index < -0.39 is 0 Å². The van der Waals surface area contributed by atoms with Crippen molar-refractivity contribution >= 4 is 6.03 Å². The van der Waals surface area contributed by atoms with Crippen LogP contribution < -0.4 is 19.5 Å². The summed E-state index contributed by atoms with van der Waals surface area (Å²) in [5.41, 5.74) is 1.83. The summed E-state index contributed by atoms with van der Waals surface area (Å²) < 4.78 is 17.1. The molecule has 1 aromatic carbocycles. The van der Waals surface area contributed by atoms with E-state index in [0.29, 0.717) is 50.3 Å². The monoisotopic (exact) mass is 468 g/mol. The van der Waals surface area contributed by atoms with E-state index in [1.54, 1.807) is 6.20 Å². The Hall–Kier alpha value is -3.00. The largest absolute Gasteiger partial charge is 0.493 e. The van der Waals surface area contributed by atoms with Crippen molar-refractivity contribution in [1.82, 2.24) is 20.1 Å². The smallest absolute Gasteiger partial charge is 0.318 e. The molecule has 2 amide bonds. The molecule has 1 fully saturated rings. The first kappa shape index (κ1) is 24.1. The van der Waals surface area contributed by atoms with Gasteiger partial charge in [-0.2, -0.15) is 0 Å². The highest BCUT2D eigenvalue weighted by Gasteiger charge is 2.28. The van der Waals surface area contributed by atoms with Gasteiger partial charge in [-0.25, -0.2) is 4.79 Å². The first-order chi connectivity index (χ1) is 16.5. The van der Waals surface area contributed by atoms with Crippen LogP contribution in [0.1, 0.15) is 37.9 Å². The Morgan fingerprint density at radius 3 is 2.59 bits per heavy atom. The van der Waals surface area contributed by atoms with Crippen molar-refractivity contribution in [1.29, 1.82) is 0 Å². The van der Waals surface area contributed by atoms with Gasteiger partial charge < -0.3 is 29.3 Å². The fourth-order valence-corrected chi connectivity index (χ4v) is 4.17. The third-order valence-corrected chi connectivity index (χ3v) is 6.16. The minimum absolute atomic E-state index is 0.0774. The van der Waals surface area contributed by atoms with Crippen LogP contribution in [0.25, 0.3) is 0 Å². The molecule has 0 aliphatic carbocycles. The van der Waals surface area contributed by atoms with Gasteiger partial charge in [0, 0.05) is 18.7 Å². The quantitative estimate of drug-likeness (QED) is 0.637. The molecule has 0 atom stereocenters. The number of nitrogens with zero attached hydrogens (tertiary/aromatic N) is 3. The molecule has 2 aliphatic heterocycles. The van der Waals surface area contributed by atoms with Gasteiger partial charge in [0.05, 0.1) is 25.0 Å². The number of hydrogen-bond donors (Lipinski definition) is 1. The number of urea groups is 1. The van der Waals surface area contributed by atoms with Crippen LogP contribution in [0.3, 0.4) is 0 Å². The van der Waals surface area contributed by atoms with Crippen LogP contribution >= 0.6 is 0 Å². The van der Waals surface area contributed by atoms with Gasteiger partial charge in [0.25, 0.3) is 0 Å². The lowest BCUT2D eigenvalue weighted by Crippen LogP contribution is -2.49. The van der Waals surface area contributed by atoms with Crippen molar-refractivity contribution in [3.05, 3.63) is 47.8 Å². The molecule has 2 aromatic rings. The maximum atomic E-state index is 13.3. The Morgan fingerprint density at radius 2 is 1.88 bits per heavy atom. The lowest BCUT2D eigenvalue weighted by Gasteiger charge is -2.37. The molecular formula is C26H36N4O4. The molecule has 0 unspecified atom stereocenters. The van der Waals surface area contributed by atoms with Crippen molar-refractivity contribution in [3.8, 4) is 17.2 Å². The van der Waals surface area contributed by atoms with E-state index in [-0.39, 0.29) is 12.1 Å². The highest BCUT2D eigenvalue weighted by atomic mass is 16.6. The number of nitrogens with one attached hydrogen (secondary N) is 1. The lowest BCUT2D eigenvalue weighted by molar-refractivity contribution is 0.125. The molecule has 4 rings (SSSR count). The Labute approximate surface area is 202 Å². The van der Waals surface area contributed by atoms with Gasteiger partial charge in [-0.3, -0.25) is 4.98 Å². The molecular weight excluding hydrogens is 432 g/mol. The lowest BCUT2D eigenvalue weighted by atomic mass is 10.0. The molecule has 0 spiro atoms. The number of rotatable bonds is 8. The van der Waals surface area contributed by atoms with E-state index in [1.807, 2.05) is 35.2 Å². The molecule has 0 saturated carbocycles. The number of aromatic nitrogens is 1. The molecule has 34 heavy (non-hydrogen) atoms. The number of carbonyl (C=O) groups excluding carboxylic acids is 1. The first-order valence-corrected chi connectivity index (χ1v) is 12.2. The molecule has 3 heterocycles. The highest BCUT2D eigenvalue weighted by Crippen LogP contribution is 2.30. The number of likely N-dealkylation sites (tertiary alicyclic amines) is 1. The van der Waals surface area contributed by atoms with Gasteiger partial charge in [-0.1, -0.05) is 26.0 Å². The minimum Gasteiger partial charge on any atom is -0.493 e. The van der Waals surface area contributed by atoms with Gasteiger partial charge >= 0.3 is 6.03 Å². The van der Waals surface area contributed by atoms with Crippen LogP contribution in [0.5, 0.6) is 17.2 Å². The normalized spacial score (nSPS) is 16.4.